The summed E-state index contributed by atoms with van der Waals surface area (Å²) in [7, 11) is 0. The first-order chi connectivity index (χ1) is 7.44. The lowest BCUT2D eigenvalue weighted by molar-refractivity contribution is -0.124. The maximum absolute atomic E-state index is 12.0. The summed E-state index contributed by atoms with van der Waals surface area (Å²) in [5.74, 6) is 0.516. The lowest BCUT2D eigenvalue weighted by atomic mass is 9.86. The van der Waals surface area contributed by atoms with E-state index in [1.807, 2.05) is 27.7 Å². The third-order valence-electron chi connectivity index (χ3n) is 3.26. The van der Waals surface area contributed by atoms with Crippen molar-refractivity contribution in [1.29, 1.82) is 0 Å². The maximum atomic E-state index is 12.0. The molecular weight excluding hydrogens is 204 g/mol. The van der Waals surface area contributed by atoms with Gasteiger partial charge in [-0.2, -0.15) is 5.10 Å². The zero-order valence-corrected chi connectivity index (χ0v) is 10.3. The molecule has 1 aromatic rings. The molecule has 0 saturated heterocycles. The minimum absolute atomic E-state index is 0.0768. The van der Waals surface area contributed by atoms with Gasteiger partial charge in [0.1, 0.15) is 0 Å². The maximum Gasteiger partial charge on any atom is 0.232 e. The van der Waals surface area contributed by atoms with E-state index in [0.717, 1.165) is 11.3 Å². The van der Waals surface area contributed by atoms with Crippen molar-refractivity contribution in [3.05, 3.63) is 11.3 Å². The second kappa shape index (κ2) is 4.65. The highest BCUT2D eigenvalue weighted by Crippen LogP contribution is 2.23. The molecule has 1 unspecified atom stereocenters. The number of aryl methyl sites for hydroxylation is 1. The Kier molecular flexibility index (Phi) is 3.70. The van der Waals surface area contributed by atoms with Crippen molar-refractivity contribution in [2.45, 2.75) is 34.1 Å². The summed E-state index contributed by atoms with van der Waals surface area (Å²) in [6.07, 6.45) is 0.706. The van der Waals surface area contributed by atoms with Gasteiger partial charge >= 0.3 is 0 Å². The molecule has 0 aromatic carbocycles. The standard InChI is InChI=1S/C11H20N4O/c1-5-11(4,6-12)10(16)13-9-7(2)8(3)14-15-9/h5-6,12H2,1-4H3,(H2,13,14,15,16). The highest BCUT2D eigenvalue weighted by atomic mass is 16.2. The Balaban J connectivity index is 2.82. The molecule has 5 nitrogen and oxygen atoms in total. The minimum Gasteiger partial charge on any atom is -0.329 e. The number of hydrogen-bond donors (Lipinski definition) is 3. The molecule has 1 rings (SSSR count). The Hall–Kier alpha value is -1.36. The number of H-pyrrole nitrogens is 1. The van der Waals surface area contributed by atoms with Crippen LogP contribution < -0.4 is 11.1 Å². The number of hydrogen-bond acceptors (Lipinski definition) is 3. The average molecular weight is 224 g/mol. The van der Waals surface area contributed by atoms with Crippen LogP contribution in [0.25, 0.3) is 0 Å². The highest BCUT2D eigenvalue weighted by molar-refractivity contribution is 5.95. The Morgan fingerprint density at radius 3 is 2.56 bits per heavy atom. The minimum atomic E-state index is -0.528. The van der Waals surface area contributed by atoms with Crippen LogP contribution in [0.1, 0.15) is 31.5 Å². The van der Waals surface area contributed by atoms with Crippen LogP contribution in [0, 0.1) is 19.3 Å². The van der Waals surface area contributed by atoms with Gasteiger partial charge in [0, 0.05) is 17.8 Å². The summed E-state index contributed by atoms with van der Waals surface area (Å²) in [6, 6.07) is 0. The molecule has 0 radical (unpaired) electrons. The second-order valence-corrected chi connectivity index (χ2v) is 4.39. The summed E-state index contributed by atoms with van der Waals surface area (Å²) in [5, 5.41) is 9.69. The highest BCUT2D eigenvalue weighted by Gasteiger charge is 2.30. The molecule has 0 spiro atoms. The van der Waals surface area contributed by atoms with Gasteiger partial charge in [-0.25, -0.2) is 0 Å². The summed E-state index contributed by atoms with van der Waals surface area (Å²) in [5.41, 5.74) is 7.02. The number of nitrogens with two attached hydrogens (primary N) is 1. The number of amides is 1. The molecule has 1 atom stereocenters. The van der Waals surface area contributed by atoms with Crippen molar-refractivity contribution >= 4 is 11.7 Å². The molecule has 0 aliphatic carbocycles. The normalized spacial score (nSPS) is 14.6. The molecule has 16 heavy (non-hydrogen) atoms. The van der Waals surface area contributed by atoms with Crippen molar-refractivity contribution in [2.75, 3.05) is 11.9 Å². The first-order valence-electron chi connectivity index (χ1n) is 5.47. The molecule has 0 aliphatic heterocycles. The zero-order valence-electron chi connectivity index (χ0n) is 10.3. The summed E-state index contributed by atoms with van der Waals surface area (Å²) < 4.78 is 0. The van der Waals surface area contributed by atoms with E-state index >= 15 is 0 Å². The molecular formula is C11H20N4O. The number of nitrogens with one attached hydrogen (secondary N) is 2. The fraction of sp³-hybridized carbons (Fsp3) is 0.636. The monoisotopic (exact) mass is 224 g/mol. The van der Waals surface area contributed by atoms with Gasteiger partial charge in [-0.15, -0.1) is 0 Å². The average Bonchev–Trinajstić information content (AvgIpc) is 2.59. The third-order valence-corrected chi connectivity index (χ3v) is 3.26. The molecule has 4 N–H and O–H groups in total. The zero-order chi connectivity index (χ0) is 12.3. The SMILES string of the molecule is CCC(C)(CN)C(=O)Nc1n[nH]c(C)c1C. The topological polar surface area (TPSA) is 83.8 Å². The van der Waals surface area contributed by atoms with Crippen molar-refractivity contribution < 1.29 is 4.79 Å². The smallest absolute Gasteiger partial charge is 0.232 e. The van der Waals surface area contributed by atoms with Crippen molar-refractivity contribution in [2.24, 2.45) is 11.1 Å². The number of nitrogens with zero attached hydrogens (tertiary/aromatic N) is 1. The van der Waals surface area contributed by atoms with Crippen LogP contribution in [-0.2, 0) is 4.79 Å². The van der Waals surface area contributed by atoms with E-state index in [2.05, 4.69) is 15.5 Å². The van der Waals surface area contributed by atoms with Crippen LogP contribution in [0.3, 0.4) is 0 Å². The fourth-order valence-corrected chi connectivity index (χ4v) is 1.26. The quantitative estimate of drug-likeness (QED) is 0.721. The lowest BCUT2D eigenvalue weighted by Gasteiger charge is -2.24. The molecule has 0 saturated carbocycles. The largest absolute Gasteiger partial charge is 0.329 e. The van der Waals surface area contributed by atoms with E-state index in [9.17, 15) is 4.79 Å². The number of carbonyl (C=O) groups is 1. The van der Waals surface area contributed by atoms with E-state index in [1.54, 1.807) is 0 Å². The predicted molar refractivity (Wildman–Crippen MR) is 64.1 cm³/mol. The van der Waals surface area contributed by atoms with E-state index < -0.39 is 5.41 Å². The third kappa shape index (κ3) is 2.24. The van der Waals surface area contributed by atoms with Crippen LogP contribution in [0.5, 0.6) is 0 Å². The van der Waals surface area contributed by atoms with Crippen LogP contribution in [0.4, 0.5) is 5.82 Å². The number of aromatic nitrogens is 2. The molecule has 0 bridgehead atoms. The lowest BCUT2D eigenvalue weighted by Crippen LogP contribution is -2.39. The van der Waals surface area contributed by atoms with Gasteiger partial charge in [0.2, 0.25) is 5.91 Å². The van der Waals surface area contributed by atoms with E-state index in [0.29, 0.717) is 18.8 Å². The van der Waals surface area contributed by atoms with Crippen LogP contribution >= 0.6 is 0 Å². The number of aromatic amines is 1. The molecule has 1 amide bonds. The van der Waals surface area contributed by atoms with Crippen LogP contribution in [-0.4, -0.2) is 22.6 Å². The van der Waals surface area contributed by atoms with Gasteiger partial charge in [-0.3, -0.25) is 9.89 Å². The number of anilines is 1. The van der Waals surface area contributed by atoms with Crippen molar-refractivity contribution in [3.8, 4) is 0 Å². The van der Waals surface area contributed by atoms with Gasteiger partial charge in [0.05, 0.1) is 5.41 Å². The number of rotatable bonds is 4. The van der Waals surface area contributed by atoms with Gasteiger partial charge in [-0.05, 0) is 27.2 Å². The molecule has 0 aliphatic rings. The van der Waals surface area contributed by atoms with Gasteiger partial charge in [0.15, 0.2) is 5.82 Å². The first kappa shape index (κ1) is 12.7. The number of carbonyl (C=O) groups excluding carboxylic acids is 1. The van der Waals surface area contributed by atoms with Gasteiger partial charge in [-0.1, -0.05) is 6.92 Å². The second-order valence-electron chi connectivity index (χ2n) is 4.39. The summed E-state index contributed by atoms with van der Waals surface area (Å²) >= 11 is 0. The fourth-order valence-electron chi connectivity index (χ4n) is 1.26. The van der Waals surface area contributed by atoms with Crippen LogP contribution in [0.2, 0.25) is 0 Å². The molecule has 90 valence electrons. The summed E-state index contributed by atoms with van der Waals surface area (Å²) in [6.45, 7) is 7.98. The Morgan fingerprint density at radius 2 is 2.19 bits per heavy atom. The van der Waals surface area contributed by atoms with E-state index in [1.165, 1.54) is 0 Å². The first-order valence-corrected chi connectivity index (χ1v) is 5.47. The van der Waals surface area contributed by atoms with E-state index in [4.69, 9.17) is 5.73 Å². The predicted octanol–water partition coefficient (Wildman–Crippen LogP) is 1.34. The van der Waals surface area contributed by atoms with Crippen molar-refractivity contribution in [1.82, 2.24) is 10.2 Å². The molecule has 1 aromatic heterocycles. The van der Waals surface area contributed by atoms with Gasteiger partial charge in [0.25, 0.3) is 0 Å². The van der Waals surface area contributed by atoms with Gasteiger partial charge < -0.3 is 11.1 Å². The van der Waals surface area contributed by atoms with Crippen molar-refractivity contribution in [3.63, 3.8) is 0 Å². The molecule has 5 heteroatoms. The Labute approximate surface area is 95.8 Å². The Morgan fingerprint density at radius 1 is 1.56 bits per heavy atom. The van der Waals surface area contributed by atoms with Crippen LogP contribution in [0.15, 0.2) is 0 Å². The Bertz CT molecular complexity index is 379. The molecule has 0 fully saturated rings. The molecule has 1 heterocycles. The van der Waals surface area contributed by atoms with E-state index in [-0.39, 0.29) is 5.91 Å². The summed E-state index contributed by atoms with van der Waals surface area (Å²) in [4.78, 5) is 12.0.